The van der Waals surface area contributed by atoms with Gasteiger partial charge in [0.15, 0.2) is 0 Å². The van der Waals surface area contributed by atoms with Gasteiger partial charge in [0.05, 0.1) is 0 Å². The molecule has 0 saturated carbocycles. The van der Waals surface area contributed by atoms with E-state index < -0.39 is 0 Å². The van der Waals surface area contributed by atoms with E-state index >= 15 is 0 Å². The van der Waals surface area contributed by atoms with Gasteiger partial charge in [-0.2, -0.15) is 0 Å². The molecule has 0 bridgehead atoms. The van der Waals surface area contributed by atoms with E-state index in [-0.39, 0.29) is 55.9 Å². The van der Waals surface area contributed by atoms with E-state index in [9.17, 15) is 0 Å². The molecule has 0 fully saturated rings. The molecule has 0 nitrogen and oxygen atoms in total. The van der Waals surface area contributed by atoms with Crippen LogP contribution in [0.2, 0.25) is 0 Å². The van der Waals surface area contributed by atoms with Crippen LogP contribution in [0.5, 0.6) is 0 Å². The van der Waals surface area contributed by atoms with Gasteiger partial charge in [-0.1, -0.05) is 0 Å². The van der Waals surface area contributed by atoms with Crippen LogP contribution in [0.4, 0.5) is 0 Å². The van der Waals surface area contributed by atoms with Crippen LogP contribution in [0.15, 0.2) is 7.91 Å². The summed E-state index contributed by atoms with van der Waals surface area (Å²) in [5, 5.41) is 0. The van der Waals surface area contributed by atoms with E-state index in [4.69, 9.17) is 34.8 Å². The summed E-state index contributed by atoms with van der Waals surface area (Å²) >= 11 is 17.3. The minimum absolute atomic E-state index is 0. The zero-order valence-electron chi connectivity index (χ0n) is 2.45. The predicted molar refractivity (Wildman–Crippen MR) is 31.7 cm³/mol. The fourth-order valence-electron chi connectivity index (χ4n) is 0. The third-order valence-corrected chi connectivity index (χ3v) is 2.11. The van der Waals surface area contributed by atoms with Gasteiger partial charge in [0.2, 0.25) is 0 Å². The van der Waals surface area contributed by atoms with Crippen molar-refractivity contribution in [3.63, 3.8) is 0 Å². The molecule has 0 amide bonds. The molecule has 0 atom stereocenters. The summed E-state index contributed by atoms with van der Waals surface area (Å²) in [5.41, 5.74) is 0. The molecule has 0 unspecified atom stereocenters. The van der Waals surface area contributed by atoms with Crippen LogP contribution in [-0.4, -0.2) is 51.4 Å². The summed E-state index contributed by atoms with van der Waals surface area (Å²) in [6.07, 6.45) is 0. The summed E-state index contributed by atoms with van der Waals surface area (Å²) in [7, 11) is 0. The second-order valence-electron chi connectivity index (χ2n) is 0.494. The van der Waals surface area contributed by atoms with E-state index in [0.717, 1.165) is 0 Å². The third kappa shape index (κ3) is 8.93. The molecule has 0 N–H and O–H groups in total. The van der Waals surface area contributed by atoms with Gasteiger partial charge in [0.1, 0.15) is 0 Å². The van der Waals surface area contributed by atoms with E-state index in [2.05, 4.69) is 0 Å². The standard InChI is InChI=1S/C2Cl3.K.Pt.H/c3-1-2(4)5;;;. The maximum atomic E-state index is 5.22. The fourth-order valence-corrected chi connectivity index (χ4v) is 0. The molecular formula is C2HCl3KPt. The normalized spacial score (nSPS) is 7.00. The van der Waals surface area contributed by atoms with E-state index in [1.807, 2.05) is 0 Å². The van der Waals surface area contributed by atoms with Crippen molar-refractivity contribution < 1.29 is 19.8 Å². The Morgan fingerprint density at radius 2 is 1.29 bits per heavy atom. The zero-order chi connectivity index (χ0) is 5.15. The van der Waals surface area contributed by atoms with Crippen molar-refractivity contribution in [2.75, 3.05) is 0 Å². The topological polar surface area (TPSA) is 0 Å². The van der Waals surface area contributed by atoms with Gasteiger partial charge in [-0.15, -0.1) is 0 Å². The molecule has 0 saturated heterocycles. The Kier molecular flexibility index (Phi) is 12.7. The molecule has 0 aromatic heterocycles. The molecule has 0 aliphatic heterocycles. The van der Waals surface area contributed by atoms with Gasteiger partial charge in [-0.05, 0) is 0 Å². The summed E-state index contributed by atoms with van der Waals surface area (Å²) in [6.45, 7) is 0. The van der Waals surface area contributed by atoms with Gasteiger partial charge < -0.3 is 0 Å². The summed E-state index contributed by atoms with van der Waals surface area (Å²) in [6, 6.07) is 0. The van der Waals surface area contributed by atoms with Gasteiger partial charge in [0.25, 0.3) is 0 Å². The third-order valence-electron chi connectivity index (χ3n) is 0.131. The second kappa shape index (κ2) is 7.05. The average molecular weight is 366 g/mol. The monoisotopic (exact) mass is 364 g/mol. The Bertz CT molecular complexity index is 63.0. The van der Waals surface area contributed by atoms with Crippen LogP contribution in [0.25, 0.3) is 0 Å². The second-order valence-corrected chi connectivity index (χ2v) is 3.61. The molecule has 0 spiro atoms. The van der Waals surface area contributed by atoms with Crippen LogP contribution >= 0.6 is 34.8 Å². The van der Waals surface area contributed by atoms with Gasteiger partial charge >= 0.3 is 114 Å². The van der Waals surface area contributed by atoms with Crippen LogP contribution in [0.1, 0.15) is 0 Å². The first kappa shape index (κ1) is 12.6. The quantitative estimate of drug-likeness (QED) is 0.574. The van der Waals surface area contributed by atoms with Crippen molar-refractivity contribution in [2.24, 2.45) is 0 Å². The van der Waals surface area contributed by atoms with Gasteiger partial charge in [-0.3, -0.25) is 0 Å². The molecular weight excluding hydrogens is 365 g/mol. The van der Waals surface area contributed by atoms with Crippen molar-refractivity contribution in [1.29, 1.82) is 0 Å². The first-order valence-electron chi connectivity index (χ1n) is 0.975. The number of hydrogen-bond donors (Lipinski definition) is 0. The molecule has 41 valence electrons. The van der Waals surface area contributed by atoms with Gasteiger partial charge in [0, 0.05) is 0 Å². The molecule has 0 aliphatic rings. The van der Waals surface area contributed by atoms with E-state index in [0.29, 0.717) is 3.42 Å². The summed E-state index contributed by atoms with van der Waals surface area (Å²) < 4.78 is 0.525. The molecule has 5 heteroatoms. The molecule has 0 aromatic rings. The molecule has 0 aromatic carbocycles. The fraction of sp³-hybridized carbons (Fsp3) is 0. The maximum absolute atomic E-state index is 5.22. The van der Waals surface area contributed by atoms with Crippen LogP contribution < -0.4 is 0 Å². The Labute approximate surface area is 111 Å². The Balaban J connectivity index is 0. The zero-order valence-corrected chi connectivity index (χ0v) is 6.99. The predicted octanol–water partition coefficient (Wildman–Crippen LogP) is 1.73. The Hall–Kier alpha value is 2.93. The minimum atomic E-state index is 0. The van der Waals surface area contributed by atoms with Crippen molar-refractivity contribution >= 4 is 86.2 Å². The first-order chi connectivity index (χ1) is 2.64. The Morgan fingerprint density at radius 3 is 1.29 bits per heavy atom. The number of rotatable bonds is 0. The SMILES string of the molecule is ClC(Cl)=[C](Cl)[Pt].[KH]. The summed E-state index contributed by atoms with van der Waals surface area (Å²) in [4.78, 5) is 0. The van der Waals surface area contributed by atoms with Gasteiger partial charge in [-0.25, -0.2) is 0 Å². The van der Waals surface area contributed by atoms with Crippen LogP contribution in [0, 0.1) is 0 Å². The molecule has 0 radical (unpaired) electrons. The molecule has 7 heavy (non-hydrogen) atoms. The first-order valence-corrected chi connectivity index (χ1v) is 3.25. The van der Waals surface area contributed by atoms with Crippen LogP contribution in [0.3, 0.4) is 0 Å². The number of hydrogen-bond acceptors (Lipinski definition) is 0. The Morgan fingerprint density at radius 1 is 1.14 bits per heavy atom. The van der Waals surface area contributed by atoms with E-state index in [1.54, 1.807) is 19.8 Å². The summed E-state index contributed by atoms with van der Waals surface area (Å²) in [5.74, 6) is 0. The van der Waals surface area contributed by atoms with Crippen LogP contribution in [-0.2, 0) is 19.8 Å². The molecule has 0 aliphatic carbocycles. The average Bonchev–Trinajstić information content (AvgIpc) is 1.36. The van der Waals surface area contributed by atoms with Crippen molar-refractivity contribution in [1.82, 2.24) is 0 Å². The number of halogens is 3. The molecule has 0 heterocycles. The van der Waals surface area contributed by atoms with E-state index in [1.165, 1.54) is 0 Å². The van der Waals surface area contributed by atoms with Crippen molar-refractivity contribution in [3.8, 4) is 0 Å². The molecule has 0 rings (SSSR count). The van der Waals surface area contributed by atoms with Crippen molar-refractivity contribution in [2.45, 2.75) is 0 Å². The van der Waals surface area contributed by atoms with Crippen molar-refractivity contribution in [3.05, 3.63) is 7.91 Å².